The van der Waals surface area contributed by atoms with Gasteiger partial charge in [-0.05, 0) is 77.7 Å². The summed E-state index contributed by atoms with van der Waals surface area (Å²) in [6.45, 7) is 0.981. The first-order chi connectivity index (χ1) is 19.1. The van der Waals surface area contributed by atoms with Gasteiger partial charge in [0.05, 0.1) is 23.9 Å². The first-order valence-electron chi connectivity index (χ1n) is 12.1. The third-order valence-corrected chi connectivity index (χ3v) is 6.30. The van der Waals surface area contributed by atoms with Crippen LogP contribution in [0.5, 0.6) is 11.5 Å². The van der Waals surface area contributed by atoms with Gasteiger partial charge < -0.3 is 24.5 Å². The van der Waals surface area contributed by atoms with E-state index in [2.05, 4.69) is 26.1 Å². The van der Waals surface area contributed by atoms with Crippen LogP contribution in [0.3, 0.4) is 0 Å². The number of aromatic amines is 1. The molecule has 2 aromatic heterocycles. The number of carbonyl (C=O) groups excluding carboxylic acids is 1. The zero-order valence-electron chi connectivity index (χ0n) is 21.0. The van der Waals surface area contributed by atoms with Gasteiger partial charge in [0.1, 0.15) is 24.0 Å². The molecule has 3 aromatic carbocycles. The van der Waals surface area contributed by atoms with Gasteiger partial charge in [-0.25, -0.2) is 0 Å². The second-order valence-electron chi connectivity index (χ2n) is 8.68. The molecule has 1 aliphatic rings. The lowest BCUT2D eigenvalue weighted by Crippen LogP contribution is -2.14. The molecule has 0 aliphatic carbocycles. The Morgan fingerprint density at radius 2 is 1.79 bits per heavy atom. The number of ether oxygens (including phenoxy) is 3. The number of aromatic nitrogens is 2. The molecule has 192 valence electrons. The van der Waals surface area contributed by atoms with Crippen molar-refractivity contribution in [3.05, 3.63) is 95.9 Å². The van der Waals surface area contributed by atoms with Crippen LogP contribution in [0.25, 0.3) is 21.7 Å². The van der Waals surface area contributed by atoms with Crippen molar-refractivity contribution in [2.24, 2.45) is 0 Å². The van der Waals surface area contributed by atoms with Gasteiger partial charge in [0, 0.05) is 41.5 Å². The minimum atomic E-state index is -0.544. The highest BCUT2D eigenvalue weighted by atomic mass is 16.5. The number of methoxy groups -OCH3 is 1. The largest absolute Gasteiger partial charge is 0.491 e. The molecular weight excluding hydrogens is 494 g/mol. The maximum absolute atomic E-state index is 12.6. The molecule has 6 rings (SSSR count). The van der Waals surface area contributed by atoms with Crippen molar-refractivity contribution >= 4 is 33.3 Å². The number of nitrogens with one attached hydrogen (secondary N) is 2. The van der Waals surface area contributed by atoms with E-state index in [1.807, 2.05) is 48.7 Å². The van der Waals surface area contributed by atoms with Crippen LogP contribution in [-0.2, 0) is 9.53 Å². The van der Waals surface area contributed by atoms with Crippen molar-refractivity contribution in [3.8, 4) is 23.8 Å². The lowest BCUT2D eigenvalue weighted by atomic mass is 9.92. The van der Waals surface area contributed by atoms with Crippen LogP contribution in [0.2, 0.25) is 0 Å². The SMILES string of the molecule is COCCOc1ccc2c(C3C(=O)Nc4ccc(C#N)cc43)nccc2c1.N#COc1ccc2[nH]ccc2c1. The van der Waals surface area contributed by atoms with E-state index in [0.717, 1.165) is 38.7 Å². The lowest BCUT2D eigenvalue weighted by Gasteiger charge is -2.13. The number of benzene rings is 3. The van der Waals surface area contributed by atoms with Crippen LogP contribution in [0.1, 0.15) is 22.7 Å². The summed E-state index contributed by atoms with van der Waals surface area (Å²) in [7, 11) is 1.63. The number of hydrogen-bond acceptors (Lipinski definition) is 7. The first kappa shape index (κ1) is 25.3. The molecule has 0 saturated heterocycles. The van der Waals surface area contributed by atoms with Crippen LogP contribution in [-0.4, -0.2) is 36.2 Å². The Kier molecular flexibility index (Phi) is 7.35. The molecular formula is C30H23N5O4. The van der Waals surface area contributed by atoms with E-state index in [4.69, 9.17) is 14.7 Å². The van der Waals surface area contributed by atoms with Crippen molar-refractivity contribution < 1.29 is 19.0 Å². The fourth-order valence-electron chi connectivity index (χ4n) is 4.49. The summed E-state index contributed by atoms with van der Waals surface area (Å²) >= 11 is 0. The number of nitriles is 2. The van der Waals surface area contributed by atoms with E-state index in [1.54, 1.807) is 43.8 Å². The molecule has 0 saturated carbocycles. The number of anilines is 1. The normalized spacial score (nSPS) is 13.5. The molecule has 9 nitrogen and oxygen atoms in total. The Morgan fingerprint density at radius 3 is 2.62 bits per heavy atom. The molecule has 0 fully saturated rings. The van der Waals surface area contributed by atoms with Crippen molar-refractivity contribution in [2.45, 2.75) is 5.92 Å². The topological polar surface area (TPSA) is 133 Å². The lowest BCUT2D eigenvalue weighted by molar-refractivity contribution is -0.116. The summed E-state index contributed by atoms with van der Waals surface area (Å²) in [4.78, 5) is 20.2. The van der Waals surface area contributed by atoms with Gasteiger partial charge >= 0.3 is 0 Å². The maximum Gasteiger partial charge on any atom is 0.292 e. The Labute approximate surface area is 224 Å². The Balaban J connectivity index is 0.000000214. The van der Waals surface area contributed by atoms with Crippen molar-refractivity contribution in [3.63, 3.8) is 0 Å². The van der Waals surface area contributed by atoms with Gasteiger partial charge in [-0.1, -0.05) is 0 Å². The summed E-state index contributed by atoms with van der Waals surface area (Å²) < 4.78 is 15.3. The van der Waals surface area contributed by atoms with E-state index in [-0.39, 0.29) is 5.91 Å². The van der Waals surface area contributed by atoms with Gasteiger partial charge in [-0.3, -0.25) is 9.78 Å². The Hall–Kier alpha value is -5.38. The number of pyridine rings is 1. The van der Waals surface area contributed by atoms with Crippen LogP contribution in [0.4, 0.5) is 5.69 Å². The van der Waals surface area contributed by atoms with Crippen molar-refractivity contribution in [2.75, 3.05) is 25.6 Å². The molecule has 9 heteroatoms. The standard InChI is InChI=1S/C21H17N3O3.C9H6N2O/c1-26-8-9-27-15-3-4-16-14(11-15)6-7-23-20(16)19-17-10-13(12-22)2-5-18(17)24-21(19)25;10-6-12-8-1-2-9-7(5-8)3-4-11-9/h2-7,10-11,19H,8-9H2,1H3,(H,24,25);1-5,11H. The third kappa shape index (κ3) is 5.35. The maximum atomic E-state index is 12.6. The molecule has 1 aliphatic heterocycles. The number of H-pyrrole nitrogens is 1. The van der Waals surface area contributed by atoms with Crippen LogP contribution in [0.15, 0.2) is 79.1 Å². The zero-order valence-corrected chi connectivity index (χ0v) is 21.0. The van der Waals surface area contributed by atoms with E-state index in [0.29, 0.717) is 30.2 Å². The summed E-state index contributed by atoms with van der Waals surface area (Å²) in [6, 6.07) is 22.3. The number of amides is 1. The monoisotopic (exact) mass is 517 g/mol. The van der Waals surface area contributed by atoms with Gasteiger partial charge in [-0.15, -0.1) is 5.26 Å². The van der Waals surface area contributed by atoms with Gasteiger partial charge in [0.15, 0.2) is 0 Å². The van der Waals surface area contributed by atoms with E-state index in [1.165, 1.54) is 0 Å². The fourth-order valence-corrected chi connectivity index (χ4v) is 4.49. The number of nitrogens with zero attached hydrogens (tertiary/aromatic N) is 3. The van der Waals surface area contributed by atoms with Crippen molar-refractivity contribution in [1.82, 2.24) is 9.97 Å². The molecule has 0 spiro atoms. The van der Waals surface area contributed by atoms with Crippen molar-refractivity contribution in [1.29, 1.82) is 10.5 Å². The van der Waals surface area contributed by atoms with Crippen LogP contribution < -0.4 is 14.8 Å². The average Bonchev–Trinajstić information content (AvgIpc) is 3.56. The van der Waals surface area contributed by atoms with Crippen LogP contribution in [0, 0.1) is 22.8 Å². The fraction of sp³-hybridized carbons (Fsp3) is 0.133. The highest BCUT2D eigenvalue weighted by molar-refractivity contribution is 6.07. The quantitative estimate of drug-likeness (QED) is 0.232. The second kappa shape index (κ2) is 11.3. The summed E-state index contributed by atoms with van der Waals surface area (Å²) in [5.74, 6) is 0.627. The number of fused-ring (bicyclic) bond motifs is 3. The smallest absolute Gasteiger partial charge is 0.292 e. The summed E-state index contributed by atoms with van der Waals surface area (Å²) in [5, 5.41) is 23.2. The zero-order chi connectivity index (χ0) is 27.2. The summed E-state index contributed by atoms with van der Waals surface area (Å²) in [5.41, 5.74) is 3.73. The molecule has 1 atom stereocenters. The molecule has 0 bridgehead atoms. The van der Waals surface area contributed by atoms with Gasteiger partial charge in [-0.2, -0.15) is 5.26 Å². The second-order valence-corrected chi connectivity index (χ2v) is 8.68. The molecule has 1 unspecified atom stereocenters. The predicted molar refractivity (Wildman–Crippen MR) is 145 cm³/mol. The van der Waals surface area contributed by atoms with E-state index < -0.39 is 5.92 Å². The summed E-state index contributed by atoms with van der Waals surface area (Å²) in [6.07, 6.45) is 5.17. The minimum absolute atomic E-state index is 0.138. The first-order valence-corrected chi connectivity index (χ1v) is 12.1. The number of rotatable bonds is 6. The predicted octanol–water partition coefficient (Wildman–Crippen LogP) is 5.24. The molecule has 3 heterocycles. The van der Waals surface area contributed by atoms with Gasteiger partial charge in [0.2, 0.25) is 5.91 Å². The molecule has 1 amide bonds. The molecule has 39 heavy (non-hydrogen) atoms. The van der Waals surface area contributed by atoms with E-state index in [9.17, 15) is 10.1 Å². The average molecular weight is 518 g/mol. The number of carbonyl (C=O) groups is 1. The Bertz CT molecular complexity index is 1750. The third-order valence-electron chi connectivity index (χ3n) is 6.30. The molecule has 0 radical (unpaired) electrons. The highest BCUT2D eigenvalue weighted by Gasteiger charge is 2.34. The minimum Gasteiger partial charge on any atom is -0.491 e. The Morgan fingerprint density at radius 1 is 0.949 bits per heavy atom. The molecule has 2 N–H and O–H groups in total. The number of hydrogen-bond donors (Lipinski definition) is 2. The van der Waals surface area contributed by atoms with E-state index >= 15 is 0 Å². The molecule has 5 aromatic rings. The van der Waals surface area contributed by atoms with Gasteiger partial charge in [0.25, 0.3) is 6.26 Å². The highest BCUT2D eigenvalue weighted by Crippen LogP contribution is 2.39. The van der Waals surface area contributed by atoms with Crippen LogP contribution >= 0.6 is 0 Å².